The summed E-state index contributed by atoms with van der Waals surface area (Å²) in [5.74, 6) is -2.08. The number of carbonyl (C=O) groups excluding carboxylic acids is 1. The number of likely N-dealkylation sites (tertiary alicyclic amines) is 1. The van der Waals surface area contributed by atoms with E-state index in [4.69, 9.17) is 4.74 Å². The van der Waals surface area contributed by atoms with Gasteiger partial charge in [0.1, 0.15) is 0 Å². The zero-order chi connectivity index (χ0) is 27.4. The molecule has 1 aliphatic heterocycles. The number of aryl methyl sites for hydroxylation is 1. The molecule has 0 bridgehead atoms. The number of nitrogens with zero attached hydrogens (tertiary/aromatic N) is 2. The maximum atomic E-state index is 13.9. The van der Waals surface area contributed by atoms with E-state index < -0.39 is 27.5 Å². The number of methoxy groups -OCH3 is 1. The van der Waals surface area contributed by atoms with Crippen LogP contribution in [0.4, 0.5) is 19.3 Å². The van der Waals surface area contributed by atoms with Crippen molar-refractivity contribution in [2.75, 3.05) is 44.9 Å². The van der Waals surface area contributed by atoms with Crippen LogP contribution in [0.1, 0.15) is 17.2 Å². The zero-order valence-corrected chi connectivity index (χ0v) is 22.2. The fourth-order valence-corrected chi connectivity index (χ4v) is 5.25. The number of urea groups is 1. The number of aromatic nitrogens is 1. The van der Waals surface area contributed by atoms with Gasteiger partial charge < -0.3 is 15.4 Å². The van der Waals surface area contributed by atoms with Crippen molar-refractivity contribution < 1.29 is 26.7 Å². The molecule has 1 saturated heterocycles. The number of rotatable bonds is 8. The maximum absolute atomic E-state index is 13.9. The Morgan fingerprint density at radius 3 is 2.58 bits per heavy atom. The quantitative estimate of drug-likeness (QED) is 0.445. The van der Waals surface area contributed by atoms with Crippen molar-refractivity contribution in [2.24, 2.45) is 0 Å². The van der Waals surface area contributed by atoms with Gasteiger partial charge in [0, 0.05) is 44.5 Å². The van der Waals surface area contributed by atoms with Gasteiger partial charge in [0.15, 0.2) is 21.5 Å². The summed E-state index contributed by atoms with van der Waals surface area (Å²) >= 11 is 0. The normalized spacial score (nSPS) is 17.9. The van der Waals surface area contributed by atoms with Gasteiger partial charge >= 0.3 is 6.03 Å². The van der Waals surface area contributed by atoms with Crippen molar-refractivity contribution in [2.45, 2.75) is 23.8 Å². The molecule has 1 aliphatic rings. The highest BCUT2D eigenvalue weighted by Gasteiger charge is 2.35. The Hall–Kier alpha value is -3.41. The van der Waals surface area contributed by atoms with Crippen molar-refractivity contribution in [3.05, 3.63) is 77.5 Å². The van der Waals surface area contributed by atoms with E-state index in [0.717, 1.165) is 12.3 Å². The summed E-state index contributed by atoms with van der Waals surface area (Å²) in [7, 11) is -1.75. The van der Waals surface area contributed by atoms with E-state index in [1.54, 1.807) is 50.4 Å². The third kappa shape index (κ3) is 6.53. The number of amides is 2. The third-order valence-electron chi connectivity index (χ3n) is 6.59. The van der Waals surface area contributed by atoms with Gasteiger partial charge in [-0.15, -0.1) is 0 Å². The molecule has 2 heterocycles. The van der Waals surface area contributed by atoms with Gasteiger partial charge in [0.2, 0.25) is 0 Å². The molecule has 2 N–H and O–H groups in total. The standard InChI is InChI=1S/C27H30F2N4O4S/c1-17-24(9-10-25(30-17)19-5-4-6-20(13-19)38(3,35)36)31-27(34)32-26-16-33(11-12-37-2)15-21(26)18-7-8-22(28)23(29)14-18/h4-10,13-14,21,26H,11-12,15-16H2,1-3H3,(H2,31,32,34). The lowest BCUT2D eigenvalue weighted by molar-refractivity contribution is 0.159. The fraction of sp³-hybridized carbons (Fsp3) is 0.333. The summed E-state index contributed by atoms with van der Waals surface area (Å²) in [6, 6.07) is 12.9. The minimum absolute atomic E-state index is 0.197. The predicted molar refractivity (Wildman–Crippen MR) is 141 cm³/mol. The summed E-state index contributed by atoms with van der Waals surface area (Å²) in [6.07, 6.45) is 1.15. The Balaban J connectivity index is 1.48. The van der Waals surface area contributed by atoms with E-state index in [1.807, 2.05) is 0 Å². The Bertz CT molecular complexity index is 1430. The lowest BCUT2D eigenvalue weighted by Gasteiger charge is -2.21. The minimum atomic E-state index is -3.36. The van der Waals surface area contributed by atoms with E-state index in [9.17, 15) is 22.0 Å². The highest BCUT2D eigenvalue weighted by Crippen LogP contribution is 2.29. The number of sulfone groups is 1. The van der Waals surface area contributed by atoms with Crippen molar-refractivity contribution in [1.29, 1.82) is 0 Å². The number of ether oxygens (including phenoxy) is 1. The summed E-state index contributed by atoms with van der Waals surface area (Å²) < 4.78 is 56.4. The molecule has 4 rings (SSSR count). The topological polar surface area (TPSA) is 101 Å². The molecule has 2 aromatic carbocycles. The van der Waals surface area contributed by atoms with Gasteiger partial charge in [0.05, 0.1) is 34.6 Å². The Morgan fingerprint density at radius 2 is 1.89 bits per heavy atom. The smallest absolute Gasteiger partial charge is 0.319 e. The molecule has 8 nitrogen and oxygen atoms in total. The van der Waals surface area contributed by atoms with Crippen LogP contribution >= 0.6 is 0 Å². The van der Waals surface area contributed by atoms with Crippen molar-refractivity contribution in [3.8, 4) is 11.3 Å². The number of halogens is 2. The van der Waals surface area contributed by atoms with Gasteiger partial charge in [-0.1, -0.05) is 18.2 Å². The molecule has 2 atom stereocenters. The molecule has 202 valence electrons. The van der Waals surface area contributed by atoms with Gasteiger partial charge in [-0.25, -0.2) is 22.0 Å². The Labute approximate surface area is 220 Å². The number of nitrogens with one attached hydrogen (secondary N) is 2. The van der Waals surface area contributed by atoms with Crippen LogP contribution in [0.2, 0.25) is 0 Å². The monoisotopic (exact) mass is 544 g/mol. The number of carbonyl (C=O) groups is 1. The molecule has 2 unspecified atom stereocenters. The first kappa shape index (κ1) is 27.6. The third-order valence-corrected chi connectivity index (χ3v) is 7.70. The van der Waals surface area contributed by atoms with Gasteiger partial charge in [-0.2, -0.15) is 0 Å². The molecule has 1 aromatic heterocycles. The second-order valence-corrected chi connectivity index (χ2v) is 11.4. The van der Waals surface area contributed by atoms with Crippen molar-refractivity contribution >= 4 is 21.6 Å². The van der Waals surface area contributed by atoms with E-state index >= 15 is 0 Å². The lowest BCUT2D eigenvalue weighted by Crippen LogP contribution is -2.42. The number of hydrogen-bond acceptors (Lipinski definition) is 6. The van der Waals surface area contributed by atoms with Crippen LogP contribution in [0, 0.1) is 18.6 Å². The molecule has 2 amide bonds. The molecule has 0 radical (unpaired) electrons. The second kappa shape index (κ2) is 11.5. The molecule has 1 fully saturated rings. The number of pyridine rings is 1. The van der Waals surface area contributed by atoms with Gasteiger partial charge in [0.25, 0.3) is 0 Å². The Kier molecular flexibility index (Phi) is 8.39. The van der Waals surface area contributed by atoms with Gasteiger partial charge in [-0.3, -0.25) is 9.88 Å². The van der Waals surface area contributed by atoms with Crippen LogP contribution in [0.5, 0.6) is 0 Å². The number of benzene rings is 2. The molecule has 0 spiro atoms. The first-order valence-corrected chi connectivity index (χ1v) is 14.0. The molecular formula is C27H30F2N4O4S. The number of anilines is 1. The summed E-state index contributed by atoms with van der Waals surface area (Å²) in [4.78, 5) is 19.8. The van der Waals surface area contributed by atoms with Crippen LogP contribution in [0.25, 0.3) is 11.3 Å². The van der Waals surface area contributed by atoms with E-state index in [0.29, 0.717) is 54.4 Å². The molecule has 3 aromatic rings. The Morgan fingerprint density at radius 1 is 1.11 bits per heavy atom. The molecule has 0 saturated carbocycles. The van der Waals surface area contributed by atoms with E-state index in [1.165, 1.54) is 12.1 Å². The van der Waals surface area contributed by atoms with Crippen molar-refractivity contribution in [1.82, 2.24) is 15.2 Å². The van der Waals surface area contributed by atoms with Crippen LogP contribution in [0.3, 0.4) is 0 Å². The van der Waals surface area contributed by atoms with Crippen LogP contribution in [0.15, 0.2) is 59.5 Å². The SMILES string of the molecule is COCCN1CC(NC(=O)Nc2ccc(-c3cccc(S(C)(=O)=O)c3)nc2C)C(c2ccc(F)c(F)c2)C1. The molecular weight excluding hydrogens is 514 g/mol. The largest absolute Gasteiger partial charge is 0.383 e. The first-order valence-electron chi connectivity index (χ1n) is 12.1. The summed E-state index contributed by atoms with van der Waals surface area (Å²) in [5, 5.41) is 5.79. The fourth-order valence-electron chi connectivity index (χ4n) is 4.58. The highest BCUT2D eigenvalue weighted by atomic mass is 32.2. The molecule has 11 heteroatoms. The van der Waals surface area contributed by atoms with Crippen LogP contribution in [-0.4, -0.2) is 70.0 Å². The van der Waals surface area contributed by atoms with E-state index in [2.05, 4.69) is 20.5 Å². The molecule has 0 aliphatic carbocycles. The highest BCUT2D eigenvalue weighted by molar-refractivity contribution is 7.90. The zero-order valence-electron chi connectivity index (χ0n) is 21.4. The molecule has 38 heavy (non-hydrogen) atoms. The van der Waals surface area contributed by atoms with Crippen LogP contribution in [-0.2, 0) is 14.6 Å². The predicted octanol–water partition coefficient (Wildman–Crippen LogP) is 3.97. The number of hydrogen-bond donors (Lipinski definition) is 2. The van der Waals surface area contributed by atoms with Crippen LogP contribution < -0.4 is 10.6 Å². The first-order chi connectivity index (χ1) is 18.0. The summed E-state index contributed by atoms with van der Waals surface area (Å²) in [6.45, 7) is 3.97. The van der Waals surface area contributed by atoms with Gasteiger partial charge in [-0.05, 0) is 48.9 Å². The minimum Gasteiger partial charge on any atom is -0.383 e. The second-order valence-electron chi connectivity index (χ2n) is 9.37. The lowest BCUT2D eigenvalue weighted by atomic mass is 9.94. The average molecular weight is 545 g/mol. The van der Waals surface area contributed by atoms with E-state index in [-0.39, 0.29) is 16.9 Å². The maximum Gasteiger partial charge on any atom is 0.319 e. The summed E-state index contributed by atoms with van der Waals surface area (Å²) in [5.41, 5.74) is 2.86. The van der Waals surface area contributed by atoms with Crippen molar-refractivity contribution in [3.63, 3.8) is 0 Å². The average Bonchev–Trinajstić information content (AvgIpc) is 3.27.